The highest BCUT2D eigenvalue weighted by Gasteiger charge is 2.76. The van der Waals surface area contributed by atoms with Crippen LogP contribution in [0.25, 0.3) is 5.69 Å². The highest BCUT2D eigenvalue weighted by molar-refractivity contribution is 6.02. The van der Waals surface area contributed by atoms with Crippen LogP contribution in [0, 0.1) is 0 Å². The molecule has 126 valence electrons. The summed E-state index contributed by atoms with van der Waals surface area (Å²) in [4.78, 5) is 12.6. The molecule has 1 aromatic heterocycles. The zero-order chi connectivity index (χ0) is 17.5. The first-order valence-corrected chi connectivity index (χ1v) is 7.89. The summed E-state index contributed by atoms with van der Waals surface area (Å²) in [6.45, 7) is 0. The molecule has 0 saturated heterocycles. The van der Waals surface area contributed by atoms with Gasteiger partial charge in [0.05, 0.1) is 5.69 Å². The van der Waals surface area contributed by atoms with Crippen LogP contribution in [0.15, 0.2) is 72.9 Å². The number of halogens is 2. The zero-order valence-corrected chi connectivity index (χ0v) is 13.2. The van der Waals surface area contributed by atoms with E-state index in [2.05, 4.69) is 10.4 Å². The summed E-state index contributed by atoms with van der Waals surface area (Å²) in [5, 5.41) is 6.78. The summed E-state index contributed by atoms with van der Waals surface area (Å²) in [6, 6.07) is 19.1. The molecular formula is C19H15F2N3O. The lowest BCUT2D eigenvalue weighted by molar-refractivity contribution is -0.121. The molecule has 0 bridgehead atoms. The third-order valence-electron chi connectivity index (χ3n) is 4.49. The number of rotatable bonds is 4. The first kappa shape index (κ1) is 15.5. The minimum Gasteiger partial charge on any atom is -0.308 e. The molecule has 1 aliphatic rings. The lowest BCUT2D eigenvalue weighted by Gasteiger charge is -2.15. The third kappa shape index (κ3) is 2.50. The Hall–Kier alpha value is -3.02. The highest BCUT2D eigenvalue weighted by atomic mass is 19.3. The summed E-state index contributed by atoms with van der Waals surface area (Å²) >= 11 is 0. The molecule has 1 amide bonds. The fourth-order valence-corrected chi connectivity index (χ4v) is 3.04. The second kappa shape index (κ2) is 5.51. The van der Waals surface area contributed by atoms with E-state index < -0.39 is 23.7 Å². The van der Waals surface area contributed by atoms with Crippen molar-refractivity contribution in [1.82, 2.24) is 9.78 Å². The normalized spacial score (nSPS) is 20.9. The fourth-order valence-electron chi connectivity index (χ4n) is 3.04. The number of alkyl halides is 2. The average molecular weight is 339 g/mol. The van der Waals surface area contributed by atoms with Crippen molar-refractivity contribution in [3.05, 3.63) is 78.5 Å². The van der Waals surface area contributed by atoms with E-state index in [4.69, 9.17) is 0 Å². The van der Waals surface area contributed by atoms with Crippen molar-refractivity contribution in [2.24, 2.45) is 0 Å². The topological polar surface area (TPSA) is 46.9 Å². The van der Waals surface area contributed by atoms with Crippen LogP contribution >= 0.6 is 0 Å². The molecule has 4 rings (SSSR count). The SMILES string of the molecule is O=C(Nc1ccn(-c2ccccc2)n1)[C@]1(c2ccccc2)CC1(F)F. The number of para-hydroxylation sites is 1. The largest absolute Gasteiger partial charge is 0.308 e. The number of aromatic nitrogens is 2. The van der Waals surface area contributed by atoms with E-state index in [0.29, 0.717) is 5.56 Å². The van der Waals surface area contributed by atoms with Gasteiger partial charge in [0.1, 0.15) is 5.41 Å². The number of hydrogen-bond acceptors (Lipinski definition) is 2. The lowest BCUT2D eigenvalue weighted by Crippen LogP contribution is -2.33. The molecule has 1 heterocycles. The van der Waals surface area contributed by atoms with Crippen molar-refractivity contribution in [3.8, 4) is 5.69 Å². The molecule has 2 aromatic carbocycles. The van der Waals surface area contributed by atoms with Crippen molar-refractivity contribution in [2.45, 2.75) is 17.8 Å². The van der Waals surface area contributed by atoms with Crippen LogP contribution in [0.5, 0.6) is 0 Å². The van der Waals surface area contributed by atoms with E-state index in [0.717, 1.165) is 5.69 Å². The van der Waals surface area contributed by atoms with Crippen LogP contribution in [-0.2, 0) is 10.2 Å². The molecule has 3 aromatic rings. The molecular weight excluding hydrogens is 324 g/mol. The van der Waals surface area contributed by atoms with Gasteiger partial charge in [0.15, 0.2) is 5.82 Å². The maximum atomic E-state index is 14.1. The molecule has 0 aliphatic heterocycles. The van der Waals surface area contributed by atoms with Gasteiger partial charge in [-0.25, -0.2) is 13.5 Å². The van der Waals surface area contributed by atoms with Gasteiger partial charge >= 0.3 is 0 Å². The molecule has 0 unspecified atom stereocenters. The van der Waals surface area contributed by atoms with Crippen LogP contribution in [0.4, 0.5) is 14.6 Å². The van der Waals surface area contributed by atoms with Crippen LogP contribution in [-0.4, -0.2) is 21.6 Å². The van der Waals surface area contributed by atoms with E-state index in [1.807, 2.05) is 30.3 Å². The molecule has 0 spiro atoms. The standard InChI is InChI=1S/C19H15F2N3O/c20-19(21)13-18(19,14-7-3-1-4-8-14)17(25)22-16-11-12-24(23-16)15-9-5-2-6-10-15/h1-12H,13H2,(H,22,23,25)/t18-/m1/s1. The van der Waals surface area contributed by atoms with Crippen molar-refractivity contribution in [3.63, 3.8) is 0 Å². The maximum Gasteiger partial charge on any atom is 0.268 e. The molecule has 1 fully saturated rings. The van der Waals surface area contributed by atoms with Gasteiger partial charge in [-0.2, -0.15) is 5.10 Å². The summed E-state index contributed by atoms with van der Waals surface area (Å²) in [5.74, 6) is -3.55. The fraction of sp³-hybridized carbons (Fsp3) is 0.158. The van der Waals surface area contributed by atoms with Crippen LogP contribution in [0.2, 0.25) is 0 Å². The Bertz CT molecular complexity index is 909. The van der Waals surface area contributed by atoms with Gasteiger partial charge in [-0.1, -0.05) is 48.5 Å². The van der Waals surface area contributed by atoms with Gasteiger partial charge in [-0.05, 0) is 17.7 Å². The smallest absolute Gasteiger partial charge is 0.268 e. The maximum absolute atomic E-state index is 14.1. The average Bonchev–Trinajstić information content (AvgIpc) is 2.98. The lowest BCUT2D eigenvalue weighted by atomic mass is 9.94. The first-order chi connectivity index (χ1) is 12.0. The van der Waals surface area contributed by atoms with Gasteiger partial charge in [0.25, 0.3) is 5.92 Å². The van der Waals surface area contributed by atoms with Crippen molar-refractivity contribution in [1.29, 1.82) is 0 Å². The van der Waals surface area contributed by atoms with E-state index >= 15 is 0 Å². The Morgan fingerprint density at radius 3 is 2.20 bits per heavy atom. The van der Waals surface area contributed by atoms with Gasteiger partial charge in [0, 0.05) is 18.7 Å². The minimum atomic E-state index is -3.06. The first-order valence-electron chi connectivity index (χ1n) is 7.89. The van der Waals surface area contributed by atoms with Crippen molar-refractivity contribution >= 4 is 11.7 Å². The van der Waals surface area contributed by atoms with Crippen LogP contribution < -0.4 is 5.32 Å². The molecule has 4 nitrogen and oxygen atoms in total. The number of nitrogens with one attached hydrogen (secondary N) is 1. The molecule has 25 heavy (non-hydrogen) atoms. The number of anilines is 1. The van der Waals surface area contributed by atoms with Crippen LogP contribution in [0.1, 0.15) is 12.0 Å². The quantitative estimate of drug-likeness (QED) is 0.786. The minimum absolute atomic E-state index is 0.242. The van der Waals surface area contributed by atoms with Crippen molar-refractivity contribution < 1.29 is 13.6 Å². The van der Waals surface area contributed by atoms with Crippen molar-refractivity contribution in [2.75, 3.05) is 5.32 Å². The van der Waals surface area contributed by atoms with E-state index in [9.17, 15) is 13.6 Å². The molecule has 1 N–H and O–H groups in total. The number of nitrogens with zero attached hydrogens (tertiary/aromatic N) is 2. The van der Waals surface area contributed by atoms with Gasteiger partial charge < -0.3 is 5.32 Å². The number of carbonyl (C=O) groups is 1. The van der Waals surface area contributed by atoms with Gasteiger partial charge in [0.2, 0.25) is 5.91 Å². The Kier molecular flexibility index (Phi) is 3.42. The summed E-state index contributed by atoms with van der Waals surface area (Å²) in [7, 11) is 0. The number of benzene rings is 2. The number of amides is 1. The second-order valence-electron chi connectivity index (χ2n) is 6.09. The molecule has 1 atom stereocenters. The second-order valence-corrected chi connectivity index (χ2v) is 6.09. The Labute approximate surface area is 143 Å². The molecule has 1 aliphatic carbocycles. The number of hydrogen-bond donors (Lipinski definition) is 1. The Balaban J connectivity index is 1.59. The van der Waals surface area contributed by atoms with Crippen LogP contribution in [0.3, 0.4) is 0 Å². The number of carbonyl (C=O) groups excluding carboxylic acids is 1. The Morgan fingerprint density at radius 1 is 1.00 bits per heavy atom. The predicted octanol–water partition coefficient (Wildman–Crippen LogP) is 3.79. The summed E-state index contributed by atoms with van der Waals surface area (Å²) in [6.07, 6.45) is 1.18. The zero-order valence-electron chi connectivity index (χ0n) is 13.2. The van der Waals surface area contributed by atoms with Gasteiger partial charge in [-0.15, -0.1) is 0 Å². The highest BCUT2D eigenvalue weighted by Crippen LogP contribution is 2.62. The molecule has 1 saturated carbocycles. The molecule has 6 heteroatoms. The third-order valence-corrected chi connectivity index (χ3v) is 4.49. The van der Waals surface area contributed by atoms with E-state index in [1.165, 1.54) is 0 Å². The summed E-state index contributed by atoms with van der Waals surface area (Å²) < 4.78 is 29.7. The monoisotopic (exact) mass is 339 g/mol. The van der Waals surface area contributed by atoms with E-state index in [-0.39, 0.29) is 5.82 Å². The Morgan fingerprint density at radius 2 is 1.60 bits per heavy atom. The summed E-state index contributed by atoms with van der Waals surface area (Å²) in [5.41, 5.74) is -0.678. The molecule has 0 radical (unpaired) electrons. The van der Waals surface area contributed by atoms with E-state index in [1.54, 1.807) is 47.3 Å². The van der Waals surface area contributed by atoms with Gasteiger partial charge in [-0.3, -0.25) is 4.79 Å². The predicted molar refractivity (Wildman–Crippen MR) is 89.9 cm³/mol.